The van der Waals surface area contributed by atoms with Gasteiger partial charge in [-0.2, -0.15) is 0 Å². The topological polar surface area (TPSA) is 15.3 Å². The summed E-state index contributed by atoms with van der Waals surface area (Å²) in [6.45, 7) is 8.08. The summed E-state index contributed by atoms with van der Waals surface area (Å²) < 4.78 is 0. The Morgan fingerprint density at radius 2 is 1.89 bits per heavy atom. The highest BCUT2D eigenvalue weighted by Gasteiger charge is 2.07. The lowest BCUT2D eigenvalue weighted by atomic mass is 10.1. The molecule has 1 aromatic carbocycles. The van der Waals surface area contributed by atoms with Crippen LogP contribution in [0.2, 0.25) is 0 Å². The Morgan fingerprint density at radius 3 is 2.58 bits per heavy atom. The van der Waals surface area contributed by atoms with E-state index in [2.05, 4.69) is 53.6 Å². The van der Waals surface area contributed by atoms with Crippen molar-refractivity contribution in [3.8, 4) is 0 Å². The van der Waals surface area contributed by atoms with Gasteiger partial charge in [-0.1, -0.05) is 49.8 Å². The molecule has 1 saturated heterocycles. The molecular formula is C17H26N2. The molecule has 1 aliphatic heterocycles. The maximum absolute atomic E-state index is 3.39. The highest BCUT2D eigenvalue weighted by Crippen LogP contribution is 2.08. The lowest BCUT2D eigenvalue weighted by molar-refractivity contribution is 0.245. The van der Waals surface area contributed by atoms with Gasteiger partial charge in [0.25, 0.3) is 0 Å². The second-order valence-corrected chi connectivity index (χ2v) is 5.27. The SMILES string of the molecule is CCCc1ccc(/C=C/CCN2CCNCC2)cc1. The summed E-state index contributed by atoms with van der Waals surface area (Å²) in [6.07, 6.45) is 8.11. The molecule has 0 atom stereocenters. The molecule has 0 saturated carbocycles. The molecule has 104 valence electrons. The summed E-state index contributed by atoms with van der Waals surface area (Å²) in [7, 11) is 0. The summed E-state index contributed by atoms with van der Waals surface area (Å²) >= 11 is 0. The molecule has 1 fully saturated rings. The van der Waals surface area contributed by atoms with Gasteiger partial charge in [-0.25, -0.2) is 0 Å². The van der Waals surface area contributed by atoms with Crippen LogP contribution in [0.1, 0.15) is 30.9 Å². The number of hydrogen-bond donors (Lipinski definition) is 1. The van der Waals surface area contributed by atoms with Crippen molar-refractivity contribution in [2.24, 2.45) is 0 Å². The number of piperazine rings is 1. The van der Waals surface area contributed by atoms with Crippen LogP contribution in [-0.2, 0) is 6.42 Å². The van der Waals surface area contributed by atoms with E-state index >= 15 is 0 Å². The summed E-state index contributed by atoms with van der Waals surface area (Å²) in [4.78, 5) is 2.53. The Bertz CT molecular complexity index is 375. The van der Waals surface area contributed by atoms with Gasteiger partial charge in [0.1, 0.15) is 0 Å². The van der Waals surface area contributed by atoms with E-state index in [0.717, 1.165) is 19.5 Å². The van der Waals surface area contributed by atoms with E-state index < -0.39 is 0 Å². The predicted octanol–water partition coefficient (Wildman–Crippen LogP) is 2.95. The van der Waals surface area contributed by atoms with Crippen LogP contribution in [0.25, 0.3) is 6.08 Å². The average Bonchev–Trinajstić information content (AvgIpc) is 2.47. The van der Waals surface area contributed by atoms with Gasteiger partial charge >= 0.3 is 0 Å². The average molecular weight is 258 g/mol. The third kappa shape index (κ3) is 5.17. The zero-order valence-electron chi connectivity index (χ0n) is 12.1. The van der Waals surface area contributed by atoms with Crippen molar-refractivity contribution in [2.45, 2.75) is 26.2 Å². The van der Waals surface area contributed by atoms with Gasteiger partial charge in [0.2, 0.25) is 0 Å². The maximum Gasteiger partial charge on any atom is 0.0107 e. The van der Waals surface area contributed by atoms with E-state index in [1.54, 1.807) is 0 Å². The second-order valence-electron chi connectivity index (χ2n) is 5.27. The quantitative estimate of drug-likeness (QED) is 0.844. The third-order valence-electron chi connectivity index (χ3n) is 3.65. The Balaban J connectivity index is 1.72. The molecule has 1 aromatic rings. The van der Waals surface area contributed by atoms with Gasteiger partial charge in [-0.3, -0.25) is 0 Å². The number of nitrogens with one attached hydrogen (secondary N) is 1. The molecule has 1 heterocycles. The van der Waals surface area contributed by atoms with Crippen LogP contribution in [-0.4, -0.2) is 37.6 Å². The number of aryl methyl sites for hydroxylation is 1. The zero-order valence-corrected chi connectivity index (χ0v) is 12.1. The molecule has 0 aliphatic carbocycles. The van der Waals surface area contributed by atoms with Gasteiger partial charge in [0.15, 0.2) is 0 Å². The van der Waals surface area contributed by atoms with Crippen LogP contribution in [0, 0.1) is 0 Å². The second kappa shape index (κ2) is 8.13. The lowest BCUT2D eigenvalue weighted by Gasteiger charge is -2.26. The molecule has 0 amide bonds. The van der Waals surface area contributed by atoms with E-state index in [1.807, 2.05) is 0 Å². The zero-order chi connectivity index (χ0) is 13.3. The molecule has 1 aliphatic rings. The van der Waals surface area contributed by atoms with Crippen LogP contribution in [0.5, 0.6) is 0 Å². The molecule has 2 heteroatoms. The standard InChI is InChI=1S/C17H26N2/c1-2-5-16-7-9-17(10-8-16)6-3-4-13-19-14-11-18-12-15-19/h3,6-10,18H,2,4-5,11-15H2,1H3/b6-3+. The molecule has 19 heavy (non-hydrogen) atoms. The molecule has 2 rings (SSSR count). The molecule has 0 aromatic heterocycles. The van der Waals surface area contributed by atoms with Gasteiger partial charge in [0.05, 0.1) is 0 Å². The van der Waals surface area contributed by atoms with Crippen LogP contribution >= 0.6 is 0 Å². The Morgan fingerprint density at radius 1 is 1.16 bits per heavy atom. The minimum absolute atomic E-state index is 1.14. The Hall–Kier alpha value is -1.12. The molecule has 0 unspecified atom stereocenters. The molecular weight excluding hydrogens is 232 g/mol. The monoisotopic (exact) mass is 258 g/mol. The van der Waals surface area contributed by atoms with Crippen molar-refractivity contribution in [3.05, 3.63) is 41.5 Å². The highest BCUT2D eigenvalue weighted by molar-refractivity contribution is 5.49. The van der Waals surface area contributed by atoms with Gasteiger partial charge in [-0.15, -0.1) is 0 Å². The molecule has 1 N–H and O–H groups in total. The minimum Gasteiger partial charge on any atom is -0.314 e. The fraction of sp³-hybridized carbons (Fsp3) is 0.529. The van der Waals surface area contributed by atoms with E-state index in [-0.39, 0.29) is 0 Å². The van der Waals surface area contributed by atoms with E-state index in [9.17, 15) is 0 Å². The number of hydrogen-bond acceptors (Lipinski definition) is 2. The number of rotatable bonds is 6. The number of benzene rings is 1. The summed E-state index contributed by atoms with van der Waals surface area (Å²) in [5, 5.41) is 3.39. The third-order valence-corrected chi connectivity index (χ3v) is 3.65. The minimum atomic E-state index is 1.14. The summed E-state index contributed by atoms with van der Waals surface area (Å²) in [5.41, 5.74) is 2.76. The van der Waals surface area contributed by atoms with Crippen molar-refractivity contribution < 1.29 is 0 Å². The molecule has 0 bridgehead atoms. The summed E-state index contributed by atoms with van der Waals surface area (Å²) in [6, 6.07) is 8.96. The van der Waals surface area contributed by atoms with Crippen LogP contribution < -0.4 is 5.32 Å². The molecule has 0 spiro atoms. The van der Waals surface area contributed by atoms with Crippen LogP contribution in [0.4, 0.5) is 0 Å². The predicted molar refractivity (Wildman–Crippen MR) is 83.4 cm³/mol. The Kier molecular flexibility index (Phi) is 6.12. The largest absolute Gasteiger partial charge is 0.314 e. The molecule has 2 nitrogen and oxygen atoms in total. The van der Waals surface area contributed by atoms with Crippen LogP contribution in [0.3, 0.4) is 0 Å². The van der Waals surface area contributed by atoms with Gasteiger partial charge in [-0.05, 0) is 24.0 Å². The number of nitrogens with zero attached hydrogens (tertiary/aromatic N) is 1. The smallest absolute Gasteiger partial charge is 0.0107 e. The van der Waals surface area contributed by atoms with Crippen molar-refractivity contribution in [1.82, 2.24) is 10.2 Å². The van der Waals surface area contributed by atoms with Crippen molar-refractivity contribution >= 4 is 6.08 Å². The summed E-state index contributed by atoms with van der Waals surface area (Å²) in [5.74, 6) is 0. The lowest BCUT2D eigenvalue weighted by Crippen LogP contribution is -2.43. The van der Waals surface area contributed by atoms with Gasteiger partial charge < -0.3 is 10.2 Å². The van der Waals surface area contributed by atoms with Crippen molar-refractivity contribution in [2.75, 3.05) is 32.7 Å². The maximum atomic E-state index is 3.39. The van der Waals surface area contributed by atoms with E-state index in [0.29, 0.717) is 0 Å². The normalized spacial score (nSPS) is 17.1. The van der Waals surface area contributed by atoms with Crippen molar-refractivity contribution in [1.29, 1.82) is 0 Å². The first-order chi connectivity index (χ1) is 9.38. The Labute approximate surface area is 117 Å². The first-order valence-electron chi connectivity index (χ1n) is 7.57. The van der Waals surface area contributed by atoms with Crippen LogP contribution in [0.15, 0.2) is 30.3 Å². The van der Waals surface area contributed by atoms with Crippen molar-refractivity contribution in [3.63, 3.8) is 0 Å². The first kappa shape index (κ1) is 14.3. The van der Waals surface area contributed by atoms with E-state index in [1.165, 1.54) is 43.6 Å². The highest BCUT2D eigenvalue weighted by atomic mass is 15.2. The fourth-order valence-electron chi connectivity index (χ4n) is 2.50. The van der Waals surface area contributed by atoms with E-state index in [4.69, 9.17) is 0 Å². The fourth-order valence-corrected chi connectivity index (χ4v) is 2.50. The van der Waals surface area contributed by atoms with Gasteiger partial charge in [0, 0.05) is 32.7 Å². The first-order valence-corrected chi connectivity index (χ1v) is 7.57. The molecule has 0 radical (unpaired) electrons.